The van der Waals surface area contributed by atoms with E-state index in [0.29, 0.717) is 13.2 Å². The highest BCUT2D eigenvalue weighted by Crippen LogP contribution is 2.26. The lowest BCUT2D eigenvalue weighted by atomic mass is 10.1. The SMILES string of the molecule is O=C(O)c1ccc2c(c1)cc(COc1ccccc1)n2Cc1cccc2cccnc12. The molecule has 0 aliphatic rings. The van der Waals surface area contributed by atoms with Gasteiger partial charge < -0.3 is 14.4 Å². The third-order valence-corrected chi connectivity index (χ3v) is 5.41. The van der Waals surface area contributed by atoms with Crippen LogP contribution in [-0.4, -0.2) is 20.6 Å². The number of fused-ring (bicyclic) bond motifs is 2. The largest absolute Gasteiger partial charge is 0.487 e. The monoisotopic (exact) mass is 408 g/mol. The predicted molar refractivity (Wildman–Crippen MR) is 121 cm³/mol. The summed E-state index contributed by atoms with van der Waals surface area (Å²) in [5, 5.41) is 11.4. The van der Waals surface area contributed by atoms with Crippen molar-refractivity contribution in [2.24, 2.45) is 0 Å². The fourth-order valence-electron chi connectivity index (χ4n) is 3.91. The normalized spacial score (nSPS) is 11.1. The first-order valence-electron chi connectivity index (χ1n) is 10.0. The topological polar surface area (TPSA) is 64.3 Å². The molecule has 0 aliphatic heterocycles. The van der Waals surface area contributed by atoms with Gasteiger partial charge in [0.05, 0.1) is 23.3 Å². The van der Waals surface area contributed by atoms with Gasteiger partial charge >= 0.3 is 5.97 Å². The second-order valence-electron chi connectivity index (χ2n) is 7.39. The van der Waals surface area contributed by atoms with Crippen molar-refractivity contribution >= 4 is 27.8 Å². The Morgan fingerprint density at radius 3 is 2.58 bits per heavy atom. The number of hydrogen-bond donors (Lipinski definition) is 1. The lowest BCUT2D eigenvalue weighted by Crippen LogP contribution is -2.08. The van der Waals surface area contributed by atoms with Crippen molar-refractivity contribution in [3.63, 3.8) is 0 Å². The molecule has 5 nitrogen and oxygen atoms in total. The minimum absolute atomic E-state index is 0.270. The first kappa shape index (κ1) is 18.9. The van der Waals surface area contributed by atoms with E-state index < -0.39 is 5.97 Å². The fourth-order valence-corrected chi connectivity index (χ4v) is 3.91. The van der Waals surface area contributed by atoms with E-state index in [2.05, 4.69) is 27.8 Å². The number of rotatable bonds is 6. The van der Waals surface area contributed by atoms with Crippen LogP contribution in [0.15, 0.2) is 91.1 Å². The van der Waals surface area contributed by atoms with E-state index in [4.69, 9.17) is 4.74 Å². The molecule has 0 fully saturated rings. The number of aromatic carboxylic acids is 1. The molecule has 5 rings (SSSR count). The van der Waals surface area contributed by atoms with Crippen molar-refractivity contribution in [3.05, 3.63) is 108 Å². The number of carboxylic acid groups (broad SMARTS) is 1. The Balaban J connectivity index is 1.59. The van der Waals surface area contributed by atoms with Crippen LogP contribution in [0.5, 0.6) is 5.75 Å². The van der Waals surface area contributed by atoms with E-state index >= 15 is 0 Å². The summed E-state index contributed by atoms with van der Waals surface area (Å²) in [5.74, 6) is -0.146. The van der Waals surface area contributed by atoms with E-state index in [-0.39, 0.29) is 5.56 Å². The lowest BCUT2D eigenvalue weighted by molar-refractivity contribution is 0.0697. The lowest BCUT2D eigenvalue weighted by Gasteiger charge is -2.13. The number of pyridine rings is 1. The van der Waals surface area contributed by atoms with Crippen LogP contribution in [0, 0.1) is 0 Å². The number of benzene rings is 3. The smallest absolute Gasteiger partial charge is 0.335 e. The number of aromatic nitrogens is 2. The first-order chi connectivity index (χ1) is 15.2. The van der Waals surface area contributed by atoms with Crippen LogP contribution in [0.25, 0.3) is 21.8 Å². The molecule has 5 heteroatoms. The quantitative estimate of drug-likeness (QED) is 0.402. The van der Waals surface area contributed by atoms with Gasteiger partial charge in [0.15, 0.2) is 0 Å². The molecule has 0 spiro atoms. The Kier molecular flexibility index (Phi) is 4.84. The summed E-state index contributed by atoms with van der Waals surface area (Å²) in [6.07, 6.45) is 1.80. The summed E-state index contributed by atoms with van der Waals surface area (Å²) >= 11 is 0. The maximum Gasteiger partial charge on any atom is 0.335 e. The number of carbonyl (C=O) groups is 1. The third kappa shape index (κ3) is 3.73. The number of para-hydroxylation sites is 2. The highest BCUT2D eigenvalue weighted by molar-refractivity contribution is 5.94. The third-order valence-electron chi connectivity index (χ3n) is 5.41. The Morgan fingerprint density at radius 2 is 1.74 bits per heavy atom. The number of ether oxygens (including phenoxy) is 1. The van der Waals surface area contributed by atoms with Crippen molar-refractivity contribution in [3.8, 4) is 5.75 Å². The molecule has 1 N–H and O–H groups in total. The molecule has 0 aliphatic carbocycles. The molecule has 0 saturated heterocycles. The molecule has 0 radical (unpaired) electrons. The van der Waals surface area contributed by atoms with Crippen molar-refractivity contribution in [1.29, 1.82) is 0 Å². The van der Waals surface area contributed by atoms with Gasteiger partial charge in [-0.15, -0.1) is 0 Å². The molecule has 2 aromatic heterocycles. The van der Waals surface area contributed by atoms with Crippen molar-refractivity contribution in [2.45, 2.75) is 13.2 Å². The highest BCUT2D eigenvalue weighted by atomic mass is 16.5. The molecule has 152 valence electrons. The van der Waals surface area contributed by atoms with Crippen LogP contribution in [0.1, 0.15) is 21.6 Å². The molecule has 0 amide bonds. The Morgan fingerprint density at radius 1 is 0.903 bits per heavy atom. The van der Waals surface area contributed by atoms with Crippen LogP contribution in [-0.2, 0) is 13.2 Å². The van der Waals surface area contributed by atoms with E-state index in [0.717, 1.165) is 38.8 Å². The zero-order valence-electron chi connectivity index (χ0n) is 16.7. The molecular weight excluding hydrogens is 388 g/mol. The molecule has 0 unspecified atom stereocenters. The van der Waals surface area contributed by atoms with Crippen molar-refractivity contribution in [2.75, 3.05) is 0 Å². The van der Waals surface area contributed by atoms with Gasteiger partial charge in [0.1, 0.15) is 12.4 Å². The zero-order valence-corrected chi connectivity index (χ0v) is 16.7. The number of carboxylic acids is 1. The summed E-state index contributed by atoms with van der Waals surface area (Å²) in [6, 6.07) is 27.0. The van der Waals surface area contributed by atoms with E-state index in [1.54, 1.807) is 18.3 Å². The average Bonchev–Trinajstić information content (AvgIpc) is 3.15. The first-order valence-corrected chi connectivity index (χ1v) is 10.0. The van der Waals surface area contributed by atoms with Gasteiger partial charge in [0, 0.05) is 22.5 Å². The summed E-state index contributed by atoms with van der Waals surface area (Å²) < 4.78 is 8.19. The predicted octanol–water partition coefficient (Wildman–Crippen LogP) is 5.52. The average molecular weight is 408 g/mol. The molecular formula is C26H20N2O3. The molecule has 0 atom stereocenters. The van der Waals surface area contributed by atoms with Crippen LogP contribution in [0.2, 0.25) is 0 Å². The maximum absolute atomic E-state index is 11.4. The van der Waals surface area contributed by atoms with E-state index in [1.165, 1.54) is 0 Å². The Labute approximate surface area is 179 Å². The fraction of sp³-hybridized carbons (Fsp3) is 0.0769. The zero-order chi connectivity index (χ0) is 21.2. The van der Waals surface area contributed by atoms with Crippen molar-refractivity contribution < 1.29 is 14.6 Å². The van der Waals surface area contributed by atoms with Gasteiger partial charge in [0.2, 0.25) is 0 Å². The Hall–Kier alpha value is -4.12. The number of hydrogen-bond acceptors (Lipinski definition) is 3. The molecule has 0 bridgehead atoms. The van der Waals surface area contributed by atoms with Gasteiger partial charge in [-0.3, -0.25) is 4.98 Å². The molecule has 2 heterocycles. The summed E-state index contributed by atoms with van der Waals surface area (Å²) in [5.41, 5.74) is 4.26. The standard InChI is InChI=1S/C26H20N2O3/c29-26(30)19-11-12-24-21(14-19)15-22(17-31-23-9-2-1-3-10-23)28(24)16-20-7-4-6-18-8-5-13-27-25(18)20/h1-15H,16-17H2,(H,29,30). The molecule has 31 heavy (non-hydrogen) atoms. The second-order valence-corrected chi connectivity index (χ2v) is 7.39. The van der Waals surface area contributed by atoms with Gasteiger partial charge in [-0.05, 0) is 48.0 Å². The van der Waals surface area contributed by atoms with E-state index in [1.807, 2.05) is 54.6 Å². The van der Waals surface area contributed by atoms with Crippen molar-refractivity contribution in [1.82, 2.24) is 9.55 Å². The maximum atomic E-state index is 11.4. The molecule has 3 aromatic carbocycles. The van der Waals surface area contributed by atoms with Crippen LogP contribution in [0.3, 0.4) is 0 Å². The second kappa shape index (κ2) is 7.95. The van der Waals surface area contributed by atoms with Gasteiger partial charge in [-0.2, -0.15) is 0 Å². The van der Waals surface area contributed by atoms with Gasteiger partial charge in [0.25, 0.3) is 0 Å². The number of nitrogens with zero attached hydrogens (tertiary/aromatic N) is 2. The van der Waals surface area contributed by atoms with Gasteiger partial charge in [-0.1, -0.05) is 42.5 Å². The molecule has 0 saturated carbocycles. The summed E-state index contributed by atoms with van der Waals surface area (Å²) in [7, 11) is 0. The highest BCUT2D eigenvalue weighted by Gasteiger charge is 2.14. The molecule has 5 aromatic rings. The van der Waals surface area contributed by atoms with Crippen LogP contribution in [0.4, 0.5) is 0 Å². The van der Waals surface area contributed by atoms with Gasteiger partial charge in [-0.25, -0.2) is 4.79 Å². The van der Waals surface area contributed by atoms with Crippen LogP contribution < -0.4 is 4.74 Å². The minimum Gasteiger partial charge on any atom is -0.487 e. The summed E-state index contributed by atoms with van der Waals surface area (Å²) in [6.45, 7) is 0.983. The van der Waals surface area contributed by atoms with E-state index in [9.17, 15) is 9.90 Å². The summed E-state index contributed by atoms with van der Waals surface area (Å²) in [4.78, 5) is 16.0. The van der Waals surface area contributed by atoms with Crippen LogP contribution >= 0.6 is 0 Å². The Bertz CT molecular complexity index is 1390. The minimum atomic E-state index is -0.935.